The summed E-state index contributed by atoms with van der Waals surface area (Å²) in [5, 5.41) is 4.01. The number of carbonyl (C=O) groups excluding carboxylic acids is 1. The molecule has 1 atom stereocenters. The summed E-state index contributed by atoms with van der Waals surface area (Å²) in [6.45, 7) is 2.71. The number of rotatable bonds is 6. The molecule has 3 aromatic rings. The molecule has 1 heterocycles. The lowest BCUT2D eigenvalue weighted by molar-refractivity contribution is 0.0951. The predicted molar refractivity (Wildman–Crippen MR) is 151 cm³/mol. The molecule has 1 aliphatic carbocycles. The van der Waals surface area contributed by atoms with E-state index >= 15 is 0 Å². The Balaban J connectivity index is 1.40. The van der Waals surface area contributed by atoms with Gasteiger partial charge in [0, 0.05) is 38.9 Å². The largest absolute Gasteiger partial charge is 0.351 e. The van der Waals surface area contributed by atoms with Gasteiger partial charge in [-0.1, -0.05) is 90.5 Å². The lowest BCUT2D eigenvalue weighted by atomic mass is 9.98. The summed E-state index contributed by atoms with van der Waals surface area (Å²) in [5.41, 5.74) is 6.21. The minimum Gasteiger partial charge on any atom is -0.351 e. The first-order valence-electron chi connectivity index (χ1n) is 12.4. The van der Waals surface area contributed by atoms with E-state index in [1.807, 2.05) is 42.5 Å². The maximum atomic E-state index is 13.0. The molecule has 0 saturated carbocycles. The van der Waals surface area contributed by atoms with Gasteiger partial charge < -0.3 is 5.32 Å². The Bertz CT molecular complexity index is 1360. The van der Waals surface area contributed by atoms with Crippen LogP contribution in [0.15, 0.2) is 110 Å². The molecule has 2 aliphatic rings. The maximum absolute atomic E-state index is 13.0. The molecular formula is C31H29ClN2OS. The number of fused-ring (bicyclic) bond motifs is 2. The Labute approximate surface area is 222 Å². The van der Waals surface area contributed by atoms with Crippen molar-refractivity contribution in [3.63, 3.8) is 0 Å². The van der Waals surface area contributed by atoms with Gasteiger partial charge in [-0.2, -0.15) is 0 Å². The molecule has 0 bridgehead atoms. The van der Waals surface area contributed by atoms with Crippen LogP contribution >= 0.6 is 23.4 Å². The van der Waals surface area contributed by atoms with Crippen LogP contribution in [0.2, 0.25) is 0 Å². The smallest absolute Gasteiger partial charge is 0.251 e. The summed E-state index contributed by atoms with van der Waals surface area (Å²) in [5.74, 6) is 0.163. The number of hydrogen-bond acceptors (Lipinski definition) is 3. The third kappa shape index (κ3) is 5.83. The van der Waals surface area contributed by atoms with Crippen LogP contribution in [0, 0.1) is 0 Å². The molecule has 3 nitrogen and oxygen atoms in total. The Morgan fingerprint density at radius 2 is 1.81 bits per heavy atom. The number of aliphatic imine (C=N–C) groups is 1. The number of halogens is 1. The summed E-state index contributed by atoms with van der Waals surface area (Å²) in [7, 11) is 0. The van der Waals surface area contributed by atoms with Crippen LogP contribution in [0.25, 0.3) is 0 Å². The number of nitrogens with one attached hydrogen (secondary N) is 1. The van der Waals surface area contributed by atoms with Crippen molar-refractivity contribution < 1.29 is 4.79 Å². The van der Waals surface area contributed by atoms with E-state index in [1.54, 1.807) is 11.8 Å². The molecule has 182 valence electrons. The Kier molecular flexibility index (Phi) is 7.74. The molecule has 1 N–H and O–H groups in total. The van der Waals surface area contributed by atoms with Crippen molar-refractivity contribution in [2.24, 2.45) is 4.99 Å². The van der Waals surface area contributed by atoms with Crippen LogP contribution in [-0.2, 0) is 0 Å². The van der Waals surface area contributed by atoms with Gasteiger partial charge in [-0.15, -0.1) is 0 Å². The SMILES string of the molecule is CC(CNC(=O)c1ccc2c(c1)N=C(CC1=CC=C(Cl)CCC1)c1ccccc1S2)c1ccccc1. The highest BCUT2D eigenvalue weighted by molar-refractivity contribution is 7.99. The van der Waals surface area contributed by atoms with Crippen molar-refractivity contribution >= 4 is 40.7 Å². The van der Waals surface area contributed by atoms with Crippen molar-refractivity contribution in [2.45, 2.75) is 48.3 Å². The molecule has 0 saturated heterocycles. The number of allylic oxidation sites excluding steroid dienone is 4. The fourth-order valence-corrected chi connectivity index (χ4v) is 5.78. The molecule has 3 aromatic carbocycles. The van der Waals surface area contributed by atoms with Gasteiger partial charge in [0.1, 0.15) is 0 Å². The fraction of sp³-hybridized carbons (Fsp3) is 0.226. The number of carbonyl (C=O) groups is 1. The summed E-state index contributed by atoms with van der Waals surface area (Å²) in [6.07, 6.45) is 7.92. The van der Waals surface area contributed by atoms with Gasteiger partial charge in [0.15, 0.2) is 0 Å². The Morgan fingerprint density at radius 3 is 2.67 bits per heavy atom. The predicted octanol–water partition coefficient (Wildman–Crippen LogP) is 8.43. The third-order valence-corrected chi connectivity index (χ3v) is 8.10. The quantitative estimate of drug-likeness (QED) is 0.360. The lowest BCUT2D eigenvalue weighted by Gasteiger charge is -2.13. The highest BCUT2D eigenvalue weighted by atomic mass is 35.5. The van der Waals surface area contributed by atoms with Gasteiger partial charge in [-0.05, 0) is 61.1 Å². The molecule has 5 rings (SSSR count). The van der Waals surface area contributed by atoms with Gasteiger partial charge in [-0.25, -0.2) is 0 Å². The van der Waals surface area contributed by atoms with Gasteiger partial charge in [-0.3, -0.25) is 9.79 Å². The van der Waals surface area contributed by atoms with E-state index in [2.05, 4.69) is 54.7 Å². The van der Waals surface area contributed by atoms with E-state index in [0.29, 0.717) is 12.1 Å². The first-order chi connectivity index (χ1) is 17.6. The molecule has 36 heavy (non-hydrogen) atoms. The van der Waals surface area contributed by atoms with Crippen molar-refractivity contribution in [1.29, 1.82) is 0 Å². The molecule has 1 amide bonds. The minimum absolute atomic E-state index is 0.0738. The maximum Gasteiger partial charge on any atom is 0.251 e. The molecule has 0 spiro atoms. The van der Waals surface area contributed by atoms with Gasteiger partial charge in [0.25, 0.3) is 5.91 Å². The first kappa shape index (κ1) is 24.6. The zero-order valence-electron chi connectivity index (χ0n) is 20.3. The van der Waals surface area contributed by atoms with Crippen LogP contribution in [0.1, 0.15) is 60.0 Å². The molecule has 0 aromatic heterocycles. The standard InChI is InChI=1S/C31H29ClN2OS/c1-21(23-9-3-2-4-10-23)20-33-31(35)24-15-17-30-28(19-24)34-27(26-12-5-6-13-29(26)36-30)18-22-8-7-11-25(32)16-14-22/h2-6,9-10,12-17,19,21H,7-8,11,18,20H2,1H3,(H,33,35). The summed E-state index contributed by atoms with van der Waals surface area (Å²) in [4.78, 5) is 20.4. The average molecular weight is 513 g/mol. The van der Waals surface area contributed by atoms with E-state index in [-0.39, 0.29) is 11.8 Å². The topological polar surface area (TPSA) is 41.5 Å². The molecule has 1 unspecified atom stereocenters. The monoisotopic (exact) mass is 512 g/mol. The van der Waals surface area contributed by atoms with Crippen molar-refractivity contribution in [3.05, 3.63) is 112 Å². The van der Waals surface area contributed by atoms with Crippen LogP contribution in [0.3, 0.4) is 0 Å². The van der Waals surface area contributed by atoms with Crippen LogP contribution < -0.4 is 5.32 Å². The third-order valence-electron chi connectivity index (χ3n) is 6.64. The average Bonchev–Trinajstić information content (AvgIpc) is 3.20. The van der Waals surface area contributed by atoms with Gasteiger partial charge in [0.2, 0.25) is 0 Å². The summed E-state index contributed by atoms with van der Waals surface area (Å²) in [6, 6.07) is 24.5. The second-order valence-corrected chi connectivity index (χ2v) is 10.9. The van der Waals surface area contributed by atoms with Crippen molar-refractivity contribution in [1.82, 2.24) is 5.32 Å². The fourth-order valence-electron chi connectivity index (χ4n) is 4.55. The normalized spacial score (nSPS) is 15.8. The zero-order valence-corrected chi connectivity index (χ0v) is 21.9. The zero-order chi connectivity index (χ0) is 24.9. The molecule has 5 heteroatoms. The van der Waals surface area contributed by atoms with E-state index in [0.717, 1.165) is 52.6 Å². The summed E-state index contributed by atoms with van der Waals surface area (Å²) < 4.78 is 0. The minimum atomic E-state index is -0.0738. The number of nitrogens with zero attached hydrogens (tertiary/aromatic N) is 1. The molecular weight excluding hydrogens is 484 g/mol. The summed E-state index contributed by atoms with van der Waals surface area (Å²) >= 11 is 7.99. The number of amides is 1. The van der Waals surface area contributed by atoms with E-state index in [9.17, 15) is 4.79 Å². The lowest BCUT2D eigenvalue weighted by Crippen LogP contribution is -2.27. The highest BCUT2D eigenvalue weighted by Crippen LogP contribution is 2.41. The van der Waals surface area contributed by atoms with Crippen LogP contribution in [0.5, 0.6) is 0 Å². The first-order valence-corrected chi connectivity index (χ1v) is 13.6. The van der Waals surface area contributed by atoms with Crippen molar-refractivity contribution in [2.75, 3.05) is 6.54 Å². The van der Waals surface area contributed by atoms with Crippen LogP contribution in [-0.4, -0.2) is 18.2 Å². The molecule has 0 radical (unpaired) electrons. The van der Waals surface area contributed by atoms with Crippen LogP contribution in [0.4, 0.5) is 5.69 Å². The van der Waals surface area contributed by atoms with Gasteiger partial charge in [0.05, 0.1) is 11.4 Å². The van der Waals surface area contributed by atoms with Crippen molar-refractivity contribution in [3.8, 4) is 0 Å². The number of benzene rings is 3. The van der Waals surface area contributed by atoms with E-state index < -0.39 is 0 Å². The Morgan fingerprint density at radius 1 is 1.00 bits per heavy atom. The van der Waals surface area contributed by atoms with E-state index in [4.69, 9.17) is 16.6 Å². The molecule has 0 fully saturated rings. The van der Waals surface area contributed by atoms with E-state index in [1.165, 1.54) is 16.0 Å². The Hall–Kier alpha value is -3.08. The van der Waals surface area contributed by atoms with Gasteiger partial charge >= 0.3 is 0 Å². The highest BCUT2D eigenvalue weighted by Gasteiger charge is 2.20. The second-order valence-electron chi connectivity index (χ2n) is 9.33. The molecule has 1 aliphatic heterocycles. The number of hydrogen-bond donors (Lipinski definition) is 1. The second kappa shape index (κ2) is 11.3.